The van der Waals surface area contributed by atoms with Gasteiger partial charge in [0.1, 0.15) is 5.82 Å². The van der Waals surface area contributed by atoms with E-state index in [1.807, 2.05) is 0 Å². The molecule has 174 valence electrons. The lowest BCUT2D eigenvalue weighted by Crippen LogP contribution is -2.26. The second-order valence-corrected chi connectivity index (χ2v) is 12.2. The zero-order valence-corrected chi connectivity index (χ0v) is 19.8. The van der Waals surface area contributed by atoms with Crippen LogP contribution in [0.3, 0.4) is 0 Å². The number of para-hydroxylation sites is 1. The molecule has 0 radical (unpaired) electrons. The first kappa shape index (κ1) is 23.0. The van der Waals surface area contributed by atoms with Crippen molar-refractivity contribution in [2.45, 2.75) is 24.3 Å². The average Bonchev–Trinajstić information content (AvgIpc) is 3.34. The molecular weight excluding hydrogens is 464 g/mol. The van der Waals surface area contributed by atoms with Crippen molar-refractivity contribution >= 4 is 37.3 Å². The summed E-state index contributed by atoms with van der Waals surface area (Å²) >= 11 is 0. The number of hydrogen-bond donors (Lipinski definition) is 1. The molecule has 2 aromatic carbocycles. The van der Waals surface area contributed by atoms with Crippen molar-refractivity contribution < 1.29 is 21.6 Å². The Balaban J connectivity index is 1.52. The van der Waals surface area contributed by atoms with Gasteiger partial charge < -0.3 is 5.32 Å². The quantitative estimate of drug-likeness (QED) is 0.570. The molecule has 1 amide bonds. The molecule has 1 aliphatic heterocycles. The fourth-order valence-corrected chi connectivity index (χ4v) is 6.65. The van der Waals surface area contributed by atoms with Gasteiger partial charge in [-0.25, -0.2) is 21.5 Å². The van der Waals surface area contributed by atoms with Crippen LogP contribution in [0.5, 0.6) is 0 Å². The van der Waals surface area contributed by atoms with Crippen LogP contribution < -0.4 is 9.62 Å². The molecule has 1 aliphatic rings. The fourth-order valence-electron chi connectivity index (χ4n) is 3.76. The minimum absolute atomic E-state index is 0.0154. The summed E-state index contributed by atoms with van der Waals surface area (Å²) in [5, 5.41) is 7.12. The van der Waals surface area contributed by atoms with Crippen LogP contribution in [0.4, 0.5) is 11.5 Å². The number of hydrogen-bond acceptors (Lipinski definition) is 6. The van der Waals surface area contributed by atoms with Crippen LogP contribution >= 0.6 is 0 Å². The molecule has 2 heterocycles. The van der Waals surface area contributed by atoms with E-state index in [0.29, 0.717) is 23.6 Å². The molecule has 1 unspecified atom stereocenters. The van der Waals surface area contributed by atoms with Gasteiger partial charge in [0, 0.05) is 18.7 Å². The molecule has 3 aromatic rings. The van der Waals surface area contributed by atoms with Crippen LogP contribution in [-0.4, -0.2) is 51.1 Å². The Morgan fingerprint density at radius 1 is 1.12 bits per heavy atom. The van der Waals surface area contributed by atoms with E-state index < -0.39 is 25.8 Å². The van der Waals surface area contributed by atoms with Crippen LogP contribution in [0, 0.1) is 6.92 Å². The minimum Gasteiger partial charge on any atom is -0.307 e. The number of rotatable bonds is 6. The van der Waals surface area contributed by atoms with E-state index in [4.69, 9.17) is 0 Å². The SMILES string of the molecule is Cc1cc(NC(=O)c2ccc(S(=O)(=O)N(C)c3ccccc3)cc2)n(C2CCS(=O)(=O)C2)n1. The number of nitrogens with one attached hydrogen (secondary N) is 1. The Labute approximate surface area is 193 Å². The number of carbonyl (C=O) groups is 1. The predicted molar refractivity (Wildman–Crippen MR) is 126 cm³/mol. The summed E-state index contributed by atoms with van der Waals surface area (Å²) in [5.41, 5.74) is 1.44. The van der Waals surface area contributed by atoms with Crippen molar-refractivity contribution in [1.29, 1.82) is 0 Å². The van der Waals surface area contributed by atoms with Gasteiger partial charge in [0.25, 0.3) is 15.9 Å². The van der Waals surface area contributed by atoms with Crippen molar-refractivity contribution in [2.24, 2.45) is 0 Å². The van der Waals surface area contributed by atoms with Gasteiger partial charge in [-0.2, -0.15) is 5.10 Å². The van der Waals surface area contributed by atoms with Crippen molar-refractivity contribution in [3.05, 3.63) is 71.9 Å². The highest BCUT2D eigenvalue weighted by atomic mass is 32.2. The van der Waals surface area contributed by atoms with E-state index in [9.17, 15) is 21.6 Å². The number of sulfone groups is 1. The Kier molecular flexibility index (Phi) is 6.02. The van der Waals surface area contributed by atoms with Crippen LogP contribution in [0.2, 0.25) is 0 Å². The number of carbonyl (C=O) groups excluding carboxylic acids is 1. The smallest absolute Gasteiger partial charge is 0.264 e. The highest BCUT2D eigenvalue weighted by Crippen LogP contribution is 2.27. The molecular formula is C22H24N4O5S2. The molecule has 11 heteroatoms. The van der Waals surface area contributed by atoms with E-state index in [-0.39, 0.29) is 28.0 Å². The number of benzene rings is 2. The number of nitrogens with zero attached hydrogens (tertiary/aromatic N) is 3. The van der Waals surface area contributed by atoms with E-state index in [1.54, 1.807) is 48.0 Å². The summed E-state index contributed by atoms with van der Waals surface area (Å²) in [6, 6.07) is 15.7. The Morgan fingerprint density at radius 2 is 1.79 bits per heavy atom. The van der Waals surface area contributed by atoms with E-state index in [1.165, 1.54) is 35.6 Å². The maximum Gasteiger partial charge on any atom is 0.264 e. The summed E-state index contributed by atoms with van der Waals surface area (Å²) in [4.78, 5) is 12.9. The van der Waals surface area contributed by atoms with E-state index >= 15 is 0 Å². The number of amides is 1. The monoisotopic (exact) mass is 488 g/mol. The minimum atomic E-state index is -3.79. The van der Waals surface area contributed by atoms with Gasteiger partial charge in [-0.3, -0.25) is 9.10 Å². The van der Waals surface area contributed by atoms with Gasteiger partial charge in [0.05, 0.1) is 33.8 Å². The third-order valence-corrected chi connectivity index (χ3v) is 9.10. The van der Waals surface area contributed by atoms with Crippen LogP contribution in [0.25, 0.3) is 0 Å². The first-order chi connectivity index (χ1) is 15.6. The molecule has 0 aliphatic carbocycles. The fraction of sp³-hybridized carbons (Fsp3) is 0.273. The van der Waals surface area contributed by atoms with Crippen LogP contribution in [-0.2, 0) is 19.9 Å². The lowest BCUT2D eigenvalue weighted by Gasteiger charge is -2.19. The summed E-state index contributed by atoms with van der Waals surface area (Å²) in [5.74, 6) is 0.0352. The second kappa shape index (κ2) is 8.64. The summed E-state index contributed by atoms with van der Waals surface area (Å²) in [6.45, 7) is 1.76. The molecule has 1 N–H and O–H groups in total. The average molecular weight is 489 g/mol. The number of aromatic nitrogens is 2. The molecule has 0 spiro atoms. The van der Waals surface area contributed by atoms with Crippen molar-refractivity contribution in [3.63, 3.8) is 0 Å². The molecule has 4 rings (SSSR count). The third-order valence-electron chi connectivity index (χ3n) is 5.55. The van der Waals surface area contributed by atoms with Gasteiger partial charge in [-0.05, 0) is 49.7 Å². The Bertz CT molecular complexity index is 1380. The molecule has 1 fully saturated rings. The summed E-state index contributed by atoms with van der Waals surface area (Å²) < 4.78 is 52.3. The molecule has 0 saturated carbocycles. The molecule has 1 aromatic heterocycles. The van der Waals surface area contributed by atoms with Crippen molar-refractivity contribution in [2.75, 3.05) is 28.2 Å². The second-order valence-electron chi connectivity index (χ2n) is 7.96. The topological polar surface area (TPSA) is 118 Å². The lowest BCUT2D eigenvalue weighted by atomic mass is 10.2. The van der Waals surface area contributed by atoms with Crippen LogP contribution in [0.15, 0.2) is 65.6 Å². The summed E-state index contributed by atoms with van der Waals surface area (Å²) in [7, 11) is -5.43. The third kappa shape index (κ3) is 4.79. The first-order valence-corrected chi connectivity index (χ1v) is 13.5. The zero-order chi connectivity index (χ0) is 23.8. The maximum absolute atomic E-state index is 12.9. The van der Waals surface area contributed by atoms with E-state index in [0.717, 1.165) is 0 Å². The lowest BCUT2D eigenvalue weighted by molar-refractivity contribution is 0.102. The normalized spacial score (nSPS) is 17.6. The number of anilines is 2. The predicted octanol–water partition coefficient (Wildman–Crippen LogP) is 2.63. The largest absolute Gasteiger partial charge is 0.307 e. The highest BCUT2D eigenvalue weighted by molar-refractivity contribution is 7.92. The molecule has 1 saturated heterocycles. The van der Waals surface area contributed by atoms with Crippen LogP contribution in [0.1, 0.15) is 28.5 Å². The molecule has 33 heavy (non-hydrogen) atoms. The van der Waals surface area contributed by atoms with E-state index in [2.05, 4.69) is 10.4 Å². The first-order valence-electron chi connectivity index (χ1n) is 10.3. The number of aryl methyl sites for hydroxylation is 1. The molecule has 0 bridgehead atoms. The standard InChI is InChI=1S/C22H24N4O5S2/c1-16-14-21(26(24-16)19-12-13-32(28,29)15-19)23-22(27)17-8-10-20(11-9-17)33(30,31)25(2)18-6-4-3-5-7-18/h3-11,14,19H,12-13,15H2,1-2H3,(H,23,27). The van der Waals surface area contributed by atoms with Gasteiger partial charge in [0.2, 0.25) is 0 Å². The van der Waals surface area contributed by atoms with Crippen molar-refractivity contribution in [3.8, 4) is 0 Å². The van der Waals surface area contributed by atoms with Gasteiger partial charge in [0.15, 0.2) is 9.84 Å². The van der Waals surface area contributed by atoms with Crippen molar-refractivity contribution in [1.82, 2.24) is 9.78 Å². The van der Waals surface area contributed by atoms with Gasteiger partial charge in [-0.1, -0.05) is 18.2 Å². The van der Waals surface area contributed by atoms with Gasteiger partial charge in [-0.15, -0.1) is 0 Å². The zero-order valence-electron chi connectivity index (χ0n) is 18.2. The maximum atomic E-state index is 12.9. The van der Waals surface area contributed by atoms with Gasteiger partial charge >= 0.3 is 0 Å². The molecule has 9 nitrogen and oxygen atoms in total. The highest BCUT2D eigenvalue weighted by Gasteiger charge is 2.31. The molecule has 1 atom stereocenters. The summed E-state index contributed by atoms with van der Waals surface area (Å²) in [6.07, 6.45) is 0.438. The number of sulfonamides is 1. The Hall–Kier alpha value is -3.18. The Morgan fingerprint density at radius 3 is 2.39 bits per heavy atom.